The van der Waals surface area contributed by atoms with Crippen LogP contribution < -0.4 is 5.73 Å². The SMILES string of the molecule is CCC(C)(CC)CC(C)(C)c1ccc(CCC(CO)(CO)N=C(C)N)cc1. The second kappa shape index (κ2) is 9.70. The fourth-order valence-corrected chi connectivity index (χ4v) is 3.88. The summed E-state index contributed by atoms with van der Waals surface area (Å²) in [6, 6.07) is 8.76. The number of amidine groups is 1. The van der Waals surface area contributed by atoms with Crippen LogP contribution in [0.25, 0.3) is 0 Å². The van der Waals surface area contributed by atoms with E-state index in [2.05, 4.69) is 63.9 Å². The number of rotatable bonds is 11. The molecule has 0 fully saturated rings. The van der Waals surface area contributed by atoms with Crippen LogP contribution in [0.15, 0.2) is 29.3 Å². The molecule has 4 heteroatoms. The van der Waals surface area contributed by atoms with Crippen LogP contribution in [0.2, 0.25) is 0 Å². The topological polar surface area (TPSA) is 78.8 Å². The highest BCUT2D eigenvalue weighted by atomic mass is 16.3. The molecule has 0 unspecified atom stereocenters. The average Bonchev–Trinajstić information content (AvgIpc) is 2.64. The second-order valence-corrected chi connectivity index (χ2v) is 9.07. The lowest BCUT2D eigenvalue weighted by molar-refractivity contribution is 0.116. The van der Waals surface area contributed by atoms with Gasteiger partial charge in [-0.1, -0.05) is 71.7 Å². The summed E-state index contributed by atoms with van der Waals surface area (Å²) in [6.07, 6.45) is 4.84. The number of hydrogen-bond acceptors (Lipinski definition) is 3. The maximum Gasteiger partial charge on any atom is 0.109 e. The van der Waals surface area contributed by atoms with Crippen molar-refractivity contribution in [3.8, 4) is 0 Å². The number of nitrogens with two attached hydrogens (primary N) is 1. The van der Waals surface area contributed by atoms with Crippen LogP contribution in [-0.2, 0) is 11.8 Å². The van der Waals surface area contributed by atoms with Crippen molar-refractivity contribution in [3.05, 3.63) is 35.4 Å². The minimum atomic E-state index is -0.902. The van der Waals surface area contributed by atoms with Crippen molar-refractivity contribution in [3.63, 3.8) is 0 Å². The molecule has 4 nitrogen and oxygen atoms in total. The van der Waals surface area contributed by atoms with E-state index >= 15 is 0 Å². The van der Waals surface area contributed by atoms with Crippen LogP contribution in [-0.4, -0.2) is 34.8 Å². The lowest BCUT2D eigenvalue weighted by Gasteiger charge is -2.37. The van der Waals surface area contributed by atoms with Crippen LogP contribution in [0.3, 0.4) is 0 Å². The average molecular weight is 377 g/mol. The summed E-state index contributed by atoms with van der Waals surface area (Å²) in [4.78, 5) is 4.27. The Bertz CT molecular complexity index is 593. The number of hydrogen-bond donors (Lipinski definition) is 3. The van der Waals surface area contributed by atoms with Gasteiger partial charge >= 0.3 is 0 Å². The number of nitrogens with zero attached hydrogens (tertiary/aromatic N) is 1. The van der Waals surface area contributed by atoms with Gasteiger partial charge in [0.2, 0.25) is 0 Å². The van der Waals surface area contributed by atoms with Gasteiger partial charge in [0.05, 0.1) is 19.0 Å². The first-order chi connectivity index (χ1) is 12.5. The van der Waals surface area contributed by atoms with E-state index in [9.17, 15) is 10.2 Å². The van der Waals surface area contributed by atoms with Crippen LogP contribution in [0.4, 0.5) is 0 Å². The van der Waals surface area contributed by atoms with E-state index in [0.29, 0.717) is 17.7 Å². The maximum absolute atomic E-state index is 9.69. The quantitative estimate of drug-likeness (QED) is 0.400. The van der Waals surface area contributed by atoms with Crippen molar-refractivity contribution in [1.29, 1.82) is 0 Å². The number of aliphatic hydroxyl groups is 2. The smallest absolute Gasteiger partial charge is 0.109 e. The molecule has 0 aliphatic carbocycles. The highest BCUT2D eigenvalue weighted by Gasteiger charge is 2.31. The molecule has 0 heterocycles. The summed E-state index contributed by atoms with van der Waals surface area (Å²) < 4.78 is 0. The molecule has 0 spiro atoms. The number of aliphatic imine (C=N–C) groups is 1. The molecule has 27 heavy (non-hydrogen) atoms. The Labute approximate surface area is 165 Å². The summed E-state index contributed by atoms with van der Waals surface area (Å²) in [7, 11) is 0. The first-order valence-electron chi connectivity index (χ1n) is 10.2. The van der Waals surface area contributed by atoms with Gasteiger partial charge in [-0.3, -0.25) is 4.99 Å². The van der Waals surface area contributed by atoms with Gasteiger partial charge in [-0.15, -0.1) is 0 Å². The van der Waals surface area contributed by atoms with Crippen molar-refractivity contribution in [2.24, 2.45) is 16.1 Å². The molecule has 1 aromatic carbocycles. The predicted octanol–water partition coefficient (Wildman–Crippen LogP) is 4.21. The number of aryl methyl sites for hydroxylation is 1. The van der Waals surface area contributed by atoms with Crippen molar-refractivity contribution in [2.75, 3.05) is 13.2 Å². The Morgan fingerprint density at radius 2 is 1.52 bits per heavy atom. The van der Waals surface area contributed by atoms with Crippen molar-refractivity contribution in [2.45, 2.75) is 84.6 Å². The Balaban J connectivity index is 2.88. The van der Waals surface area contributed by atoms with Crippen LogP contribution in [0, 0.1) is 5.41 Å². The maximum atomic E-state index is 9.69. The highest BCUT2D eigenvalue weighted by Crippen LogP contribution is 2.40. The Kier molecular flexibility index (Phi) is 8.49. The molecule has 0 amide bonds. The second-order valence-electron chi connectivity index (χ2n) is 9.07. The third-order valence-electron chi connectivity index (χ3n) is 6.19. The monoisotopic (exact) mass is 376 g/mol. The number of benzene rings is 1. The molecule has 0 aliphatic heterocycles. The zero-order valence-electron chi connectivity index (χ0n) is 18.2. The molecule has 0 bridgehead atoms. The Morgan fingerprint density at radius 3 is 1.93 bits per heavy atom. The van der Waals surface area contributed by atoms with Gasteiger partial charge in [0, 0.05) is 0 Å². The molecule has 0 atom stereocenters. The molecule has 0 aliphatic rings. The fourth-order valence-electron chi connectivity index (χ4n) is 3.88. The molecule has 0 aromatic heterocycles. The molecular weight excluding hydrogens is 336 g/mol. The molecule has 1 aromatic rings. The Morgan fingerprint density at radius 1 is 1.00 bits per heavy atom. The minimum Gasteiger partial charge on any atom is -0.394 e. The number of aliphatic hydroxyl groups excluding tert-OH is 2. The highest BCUT2D eigenvalue weighted by molar-refractivity contribution is 5.77. The van der Waals surface area contributed by atoms with Gasteiger partial charge in [0.1, 0.15) is 5.54 Å². The third-order valence-corrected chi connectivity index (χ3v) is 6.19. The van der Waals surface area contributed by atoms with Gasteiger partial charge in [-0.2, -0.15) is 0 Å². The van der Waals surface area contributed by atoms with E-state index in [-0.39, 0.29) is 18.6 Å². The lowest BCUT2D eigenvalue weighted by Crippen LogP contribution is -2.38. The zero-order valence-corrected chi connectivity index (χ0v) is 18.2. The fraction of sp³-hybridized carbons (Fsp3) is 0.696. The van der Waals surface area contributed by atoms with E-state index in [0.717, 1.165) is 12.8 Å². The van der Waals surface area contributed by atoms with Gasteiger partial charge in [-0.05, 0) is 48.1 Å². The third kappa shape index (κ3) is 6.62. The molecule has 0 saturated carbocycles. The summed E-state index contributed by atoms with van der Waals surface area (Å²) in [6.45, 7) is 12.8. The predicted molar refractivity (Wildman–Crippen MR) is 115 cm³/mol. The first-order valence-corrected chi connectivity index (χ1v) is 10.2. The normalized spacial score (nSPS) is 13.9. The molecule has 4 N–H and O–H groups in total. The standard InChI is InChI=1S/C23H40N2O2/c1-7-22(6,8-2)15-21(4,5)20-11-9-19(10-12-20)13-14-23(16-26,17-27)25-18(3)24/h9-12,26-27H,7-8,13-17H2,1-6H3,(H2,24,25). The molecule has 1 rings (SSSR count). The molecule has 0 saturated heterocycles. The van der Waals surface area contributed by atoms with Gasteiger partial charge in [0.15, 0.2) is 0 Å². The first kappa shape index (κ1) is 23.6. The van der Waals surface area contributed by atoms with E-state index in [4.69, 9.17) is 5.73 Å². The van der Waals surface area contributed by atoms with E-state index < -0.39 is 5.54 Å². The van der Waals surface area contributed by atoms with E-state index in [1.807, 2.05) is 0 Å². The van der Waals surface area contributed by atoms with Gasteiger partial charge in [-0.25, -0.2) is 0 Å². The molecule has 154 valence electrons. The largest absolute Gasteiger partial charge is 0.394 e. The van der Waals surface area contributed by atoms with Crippen LogP contribution >= 0.6 is 0 Å². The summed E-state index contributed by atoms with van der Waals surface area (Å²) in [5, 5.41) is 19.4. The van der Waals surface area contributed by atoms with Gasteiger partial charge < -0.3 is 15.9 Å². The zero-order chi connectivity index (χ0) is 20.7. The van der Waals surface area contributed by atoms with Gasteiger partial charge in [0.25, 0.3) is 0 Å². The van der Waals surface area contributed by atoms with Crippen LogP contribution in [0.5, 0.6) is 0 Å². The lowest BCUT2D eigenvalue weighted by atomic mass is 9.68. The molecule has 0 radical (unpaired) electrons. The summed E-state index contributed by atoms with van der Waals surface area (Å²) in [5.41, 5.74) is 7.79. The molecular formula is C23H40N2O2. The summed E-state index contributed by atoms with van der Waals surface area (Å²) >= 11 is 0. The van der Waals surface area contributed by atoms with Crippen molar-refractivity contribution < 1.29 is 10.2 Å². The van der Waals surface area contributed by atoms with Crippen molar-refractivity contribution >= 4 is 5.84 Å². The Hall–Kier alpha value is -1.39. The van der Waals surface area contributed by atoms with Crippen molar-refractivity contribution in [1.82, 2.24) is 0 Å². The summed E-state index contributed by atoms with van der Waals surface area (Å²) in [5.74, 6) is 0.380. The van der Waals surface area contributed by atoms with E-state index in [1.54, 1.807) is 6.92 Å². The van der Waals surface area contributed by atoms with Crippen LogP contribution in [0.1, 0.15) is 78.4 Å². The minimum absolute atomic E-state index is 0.125. The van der Waals surface area contributed by atoms with E-state index in [1.165, 1.54) is 24.0 Å².